The second-order valence-corrected chi connectivity index (χ2v) is 4.76. The van der Waals surface area contributed by atoms with Gasteiger partial charge < -0.3 is 14.8 Å². The fourth-order valence-electron chi connectivity index (χ4n) is 2.12. The van der Waals surface area contributed by atoms with Gasteiger partial charge in [-0.05, 0) is 37.0 Å². The molecule has 0 saturated carbocycles. The third kappa shape index (κ3) is 4.31. The quantitative estimate of drug-likeness (QED) is 0.839. The molecule has 100 valence electrons. The summed E-state index contributed by atoms with van der Waals surface area (Å²) in [5, 5.41) is 3.48. The first-order valence-corrected chi connectivity index (χ1v) is 6.91. The Morgan fingerprint density at radius 1 is 1.33 bits per heavy atom. The van der Waals surface area contributed by atoms with E-state index in [1.165, 1.54) is 5.56 Å². The first-order chi connectivity index (χ1) is 8.88. The summed E-state index contributed by atoms with van der Waals surface area (Å²) in [5.74, 6) is 0.972. The van der Waals surface area contributed by atoms with Gasteiger partial charge in [-0.1, -0.05) is 19.1 Å². The predicted octanol–water partition coefficient (Wildman–Crippen LogP) is 2.40. The summed E-state index contributed by atoms with van der Waals surface area (Å²) in [6, 6.07) is 8.96. The summed E-state index contributed by atoms with van der Waals surface area (Å²) in [6.45, 7) is 5.59. The van der Waals surface area contributed by atoms with Gasteiger partial charge >= 0.3 is 0 Å². The SMILES string of the molecule is CCCOc1ccc(CCC2COCCN2)cc1. The highest BCUT2D eigenvalue weighted by molar-refractivity contribution is 5.27. The van der Waals surface area contributed by atoms with E-state index in [1.807, 2.05) is 0 Å². The normalized spacial score (nSPS) is 19.7. The Kier molecular flexibility index (Phi) is 5.49. The van der Waals surface area contributed by atoms with Gasteiger partial charge in [0.1, 0.15) is 5.75 Å². The maximum atomic E-state index is 5.57. The first-order valence-electron chi connectivity index (χ1n) is 6.91. The van der Waals surface area contributed by atoms with E-state index < -0.39 is 0 Å². The van der Waals surface area contributed by atoms with Crippen molar-refractivity contribution < 1.29 is 9.47 Å². The Morgan fingerprint density at radius 3 is 2.83 bits per heavy atom. The van der Waals surface area contributed by atoms with Crippen LogP contribution in [0.25, 0.3) is 0 Å². The van der Waals surface area contributed by atoms with Gasteiger partial charge in [0.15, 0.2) is 0 Å². The number of aryl methyl sites for hydroxylation is 1. The molecule has 1 heterocycles. The minimum Gasteiger partial charge on any atom is -0.494 e. The molecule has 2 rings (SSSR count). The minimum atomic E-state index is 0.509. The molecule has 1 aromatic rings. The zero-order chi connectivity index (χ0) is 12.6. The van der Waals surface area contributed by atoms with Crippen molar-refractivity contribution in [1.29, 1.82) is 0 Å². The van der Waals surface area contributed by atoms with Crippen LogP contribution in [0.15, 0.2) is 24.3 Å². The van der Waals surface area contributed by atoms with Gasteiger partial charge in [-0.3, -0.25) is 0 Å². The maximum Gasteiger partial charge on any atom is 0.119 e. The average Bonchev–Trinajstić information content (AvgIpc) is 2.45. The van der Waals surface area contributed by atoms with Gasteiger partial charge in [0.2, 0.25) is 0 Å². The van der Waals surface area contributed by atoms with Crippen molar-refractivity contribution in [2.24, 2.45) is 0 Å². The molecule has 18 heavy (non-hydrogen) atoms. The molecule has 1 aliphatic rings. The first kappa shape index (κ1) is 13.4. The predicted molar refractivity (Wildman–Crippen MR) is 73.2 cm³/mol. The Labute approximate surface area is 109 Å². The van der Waals surface area contributed by atoms with Crippen molar-refractivity contribution in [3.63, 3.8) is 0 Å². The number of rotatable bonds is 6. The van der Waals surface area contributed by atoms with Crippen LogP contribution in [0.2, 0.25) is 0 Å². The Bertz CT molecular complexity index is 331. The lowest BCUT2D eigenvalue weighted by Gasteiger charge is -2.23. The molecule has 1 fully saturated rings. The van der Waals surface area contributed by atoms with Crippen molar-refractivity contribution in [3.8, 4) is 5.75 Å². The van der Waals surface area contributed by atoms with Crippen LogP contribution in [0, 0.1) is 0 Å². The lowest BCUT2D eigenvalue weighted by molar-refractivity contribution is 0.0743. The zero-order valence-electron chi connectivity index (χ0n) is 11.2. The number of morpholine rings is 1. The highest BCUT2D eigenvalue weighted by Gasteiger charge is 2.12. The second-order valence-electron chi connectivity index (χ2n) is 4.76. The lowest BCUT2D eigenvalue weighted by Crippen LogP contribution is -2.41. The number of hydrogen-bond acceptors (Lipinski definition) is 3. The average molecular weight is 249 g/mol. The van der Waals surface area contributed by atoms with Gasteiger partial charge in [-0.25, -0.2) is 0 Å². The summed E-state index contributed by atoms with van der Waals surface area (Å²) in [4.78, 5) is 0. The Hall–Kier alpha value is -1.06. The number of hydrogen-bond donors (Lipinski definition) is 1. The summed E-state index contributed by atoms with van der Waals surface area (Å²) in [7, 11) is 0. The van der Waals surface area contributed by atoms with Crippen LogP contribution in [0.3, 0.4) is 0 Å². The molecule has 0 amide bonds. The highest BCUT2D eigenvalue weighted by Crippen LogP contribution is 2.14. The van der Waals surface area contributed by atoms with Crippen molar-refractivity contribution >= 4 is 0 Å². The van der Waals surface area contributed by atoms with Crippen molar-refractivity contribution in [2.45, 2.75) is 32.2 Å². The fourth-order valence-corrected chi connectivity index (χ4v) is 2.12. The van der Waals surface area contributed by atoms with Crippen molar-refractivity contribution in [1.82, 2.24) is 5.32 Å². The summed E-state index contributed by atoms with van der Waals surface area (Å²) in [5.41, 5.74) is 1.37. The van der Waals surface area contributed by atoms with Crippen LogP contribution in [0.4, 0.5) is 0 Å². The fraction of sp³-hybridized carbons (Fsp3) is 0.600. The van der Waals surface area contributed by atoms with E-state index in [-0.39, 0.29) is 0 Å². The van der Waals surface area contributed by atoms with E-state index >= 15 is 0 Å². The number of nitrogens with one attached hydrogen (secondary N) is 1. The van der Waals surface area contributed by atoms with Gasteiger partial charge in [0.05, 0.1) is 19.8 Å². The van der Waals surface area contributed by atoms with E-state index in [4.69, 9.17) is 9.47 Å². The molecule has 0 bridgehead atoms. The van der Waals surface area contributed by atoms with Gasteiger partial charge in [-0.15, -0.1) is 0 Å². The zero-order valence-corrected chi connectivity index (χ0v) is 11.2. The third-order valence-electron chi connectivity index (χ3n) is 3.18. The van der Waals surface area contributed by atoms with Crippen LogP contribution in [-0.2, 0) is 11.2 Å². The molecule has 0 aliphatic carbocycles. The van der Waals surface area contributed by atoms with E-state index in [2.05, 4.69) is 36.5 Å². The van der Waals surface area contributed by atoms with Gasteiger partial charge in [0, 0.05) is 12.6 Å². The van der Waals surface area contributed by atoms with Crippen LogP contribution < -0.4 is 10.1 Å². The number of ether oxygens (including phenoxy) is 2. The molecule has 3 nitrogen and oxygen atoms in total. The monoisotopic (exact) mass is 249 g/mol. The molecular formula is C15H23NO2. The summed E-state index contributed by atoms with van der Waals surface area (Å²) < 4.78 is 11.0. The molecule has 0 spiro atoms. The molecule has 0 aromatic heterocycles. The van der Waals surface area contributed by atoms with Crippen LogP contribution in [0.5, 0.6) is 5.75 Å². The molecule has 3 heteroatoms. The van der Waals surface area contributed by atoms with Crippen molar-refractivity contribution in [2.75, 3.05) is 26.4 Å². The standard InChI is InChI=1S/C15H23NO2/c1-2-10-18-15-7-4-13(5-8-15)3-6-14-12-17-11-9-16-14/h4-5,7-8,14,16H,2-3,6,9-12H2,1H3. The largest absolute Gasteiger partial charge is 0.494 e. The van der Waals surface area contributed by atoms with Crippen LogP contribution in [-0.4, -0.2) is 32.4 Å². The molecule has 1 atom stereocenters. The highest BCUT2D eigenvalue weighted by atomic mass is 16.5. The Morgan fingerprint density at radius 2 is 2.17 bits per heavy atom. The molecule has 1 aromatic carbocycles. The second kappa shape index (κ2) is 7.39. The Balaban J connectivity index is 1.75. The minimum absolute atomic E-state index is 0.509. The molecule has 1 unspecified atom stereocenters. The van der Waals surface area contributed by atoms with Crippen molar-refractivity contribution in [3.05, 3.63) is 29.8 Å². The molecule has 1 aliphatic heterocycles. The van der Waals surface area contributed by atoms with E-state index in [0.717, 1.165) is 51.4 Å². The van der Waals surface area contributed by atoms with Crippen LogP contribution >= 0.6 is 0 Å². The van der Waals surface area contributed by atoms with Gasteiger partial charge in [0.25, 0.3) is 0 Å². The maximum absolute atomic E-state index is 5.57. The van der Waals surface area contributed by atoms with E-state index in [9.17, 15) is 0 Å². The third-order valence-corrected chi connectivity index (χ3v) is 3.18. The summed E-state index contributed by atoms with van der Waals surface area (Å²) >= 11 is 0. The van der Waals surface area contributed by atoms with E-state index in [0.29, 0.717) is 6.04 Å². The summed E-state index contributed by atoms with van der Waals surface area (Å²) in [6.07, 6.45) is 3.28. The van der Waals surface area contributed by atoms with E-state index in [1.54, 1.807) is 0 Å². The van der Waals surface area contributed by atoms with Gasteiger partial charge in [-0.2, -0.15) is 0 Å². The topological polar surface area (TPSA) is 30.5 Å². The number of benzene rings is 1. The molecule has 0 radical (unpaired) electrons. The lowest BCUT2D eigenvalue weighted by atomic mass is 10.1. The molecule has 1 N–H and O–H groups in total. The van der Waals surface area contributed by atoms with Crippen LogP contribution in [0.1, 0.15) is 25.3 Å². The molecule has 1 saturated heterocycles. The molecular weight excluding hydrogens is 226 g/mol. The smallest absolute Gasteiger partial charge is 0.119 e.